The summed E-state index contributed by atoms with van der Waals surface area (Å²) in [5.41, 5.74) is 1.04. The van der Waals surface area contributed by atoms with Gasteiger partial charge in [0, 0.05) is 31.4 Å². The smallest absolute Gasteiger partial charge is 0.224 e. The molecule has 1 heterocycles. The number of aliphatic hydroxyl groups excluding tert-OH is 1. The summed E-state index contributed by atoms with van der Waals surface area (Å²) in [6.07, 6.45) is 4.06. The monoisotopic (exact) mass is 252 g/mol. The van der Waals surface area contributed by atoms with Gasteiger partial charge >= 0.3 is 0 Å². The van der Waals surface area contributed by atoms with E-state index in [1.165, 1.54) is 0 Å². The highest BCUT2D eigenvalue weighted by Crippen LogP contribution is 2.18. The van der Waals surface area contributed by atoms with Gasteiger partial charge in [0.1, 0.15) is 5.82 Å². The molecule has 0 radical (unpaired) electrons. The maximum Gasteiger partial charge on any atom is 0.224 e. The average Bonchev–Trinajstić information content (AvgIpc) is 2.37. The van der Waals surface area contributed by atoms with Gasteiger partial charge in [-0.3, -0.25) is 0 Å². The molecule has 0 fully saturated rings. The normalized spacial score (nSPS) is 10.4. The van der Waals surface area contributed by atoms with Crippen LogP contribution in [-0.2, 0) is 0 Å². The molecule has 1 aromatic heterocycles. The fraction of sp³-hybridized carbons (Fsp3) is 0.692. The number of hydrogen-bond donors (Lipinski definition) is 2. The Bertz CT molecular complexity index is 357. The van der Waals surface area contributed by atoms with Crippen LogP contribution in [0.25, 0.3) is 0 Å². The maximum atomic E-state index is 9.16. The molecule has 1 aromatic rings. The Morgan fingerprint density at radius 2 is 2.11 bits per heavy atom. The van der Waals surface area contributed by atoms with Gasteiger partial charge in [0.2, 0.25) is 5.95 Å². The first-order valence-corrected chi connectivity index (χ1v) is 6.66. The lowest BCUT2D eigenvalue weighted by molar-refractivity contribution is 0.301. The maximum absolute atomic E-state index is 9.16. The van der Waals surface area contributed by atoms with Crippen LogP contribution in [0.1, 0.15) is 32.3 Å². The van der Waals surface area contributed by atoms with Crippen molar-refractivity contribution in [1.29, 1.82) is 0 Å². The van der Waals surface area contributed by atoms with Crippen LogP contribution in [0.4, 0.5) is 11.8 Å². The van der Waals surface area contributed by atoms with Gasteiger partial charge in [0.25, 0.3) is 0 Å². The number of anilines is 2. The molecule has 5 nitrogen and oxygen atoms in total. The van der Waals surface area contributed by atoms with Crippen LogP contribution in [0, 0.1) is 6.92 Å². The molecule has 0 amide bonds. The third-order valence-corrected chi connectivity index (χ3v) is 2.73. The van der Waals surface area contributed by atoms with E-state index < -0.39 is 0 Å². The SMILES string of the molecule is CCCCN(CCO)c1nc(NCC)ncc1C. The Kier molecular flexibility index (Phi) is 6.43. The standard InChI is InChI=1S/C13H24N4O/c1-4-6-7-17(8-9-18)12-11(3)10-15-13(16-12)14-5-2/h10,18H,4-9H2,1-3H3,(H,14,15,16). The third kappa shape index (κ3) is 4.14. The number of nitrogens with zero attached hydrogens (tertiary/aromatic N) is 3. The zero-order valence-corrected chi connectivity index (χ0v) is 11.6. The van der Waals surface area contributed by atoms with Gasteiger partial charge in [0.05, 0.1) is 6.61 Å². The molecule has 5 heteroatoms. The van der Waals surface area contributed by atoms with Gasteiger partial charge < -0.3 is 15.3 Å². The van der Waals surface area contributed by atoms with E-state index >= 15 is 0 Å². The van der Waals surface area contributed by atoms with E-state index in [2.05, 4.69) is 27.1 Å². The van der Waals surface area contributed by atoms with E-state index in [4.69, 9.17) is 5.11 Å². The Hall–Kier alpha value is -1.36. The zero-order chi connectivity index (χ0) is 13.4. The van der Waals surface area contributed by atoms with E-state index in [1.54, 1.807) is 0 Å². The minimum atomic E-state index is 0.143. The van der Waals surface area contributed by atoms with Gasteiger partial charge in [-0.25, -0.2) is 4.98 Å². The van der Waals surface area contributed by atoms with E-state index in [9.17, 15) is 0 Å². The van der Waals surface area contributed by atoms with Crippen LogP contribution >= 0.6 is 0 Å². The predicted octanol–water partition coefficient (Wildman–Crippen LogP) is 1.82. The highest BCUT2D eigenvalue weighted by molar-refractivity contribution is 5.48. The molecule has 0 aliphatic rings. The van der Waals surface area contributed by atoms with Crippen molar-refractivity contribution in [2.75, 3.05) is 36.5 Å². The largest absolute Gasteiger partial charge is 0.395 e. The van der Waals surface area contributed by atoms with Crippen LogP contribution in [0.2, 0.25) is 0 Å². The molecular formula is C13H24N4O. The fourth-order valence-corrected chi connectivity index (χ4v) is 1.79. The summed E-state index contributed by atoms with van der Waals surface area (Å²) in [6, 6.07) is 0. The highest BCUT2D eigenvalue weighted by atomic mass is 16.3. The summed E-state index contributed by atoms with van der Waals surface area (Å²) in [5, 5.41) is 12.3. The van der Waals surface area contributed by atoms with Crippen molar-refractivity contribution in [3.05, 3.63) is 11.8 Å². The molecule has 0 aliphatic carbocycles. The van der Waals surface area contributed by atoms with Crippen LogP contribution < -0.4 is 10.2 Å². The lowest BCUT2D eigenvalue weighted by atomic mass is 10.2. The summed E-state index contributed by atoms with van der Waals surface area (Å²) in [5.74, 6) is 1.57. The lowest BCUT2D eigenvalue weighted by Gasteiger charge is -2.24. The van der Waals surface area contributed by atoms with E-state index in [1.807, 2.05) is 20.0 Å². The molecule has 0 saturated carbocycles. The van der Waals surface area contributed by atoms with Crippen LogP contribution in [0.3, 0.4) is 0 Å². The number of nitrogens with one attached hydrogen (secondary N) is 1. The van der Waals surface area contributed by atoms with Crippen molar-refractivity contribution in [3.63, 3.8) is 0 Å². The summed E-state index contributed by atoms with van der Waals surface area (Å²) in [4.78, 5) is 10.9. The molecule has 102 valence electrons. The fourth-order valence-electron chi connectivity index (χ4n) is 1.79. The van der Waals surface area contributed by atoms with Crippen molar-refractivity contribution in [2.45, 2.75) is 33.6 Å². The van der Waals surface area contributed by atoms with Crippen LogP contribution in [0.5, 0.6) is 0 Å². The molecule has 0 unspecified atom stereocenters. The van der Waals surface area contributed by atoms with Gasteiger partial charge in [-0.1, -0.05) is 13.3 Å². The number of aliphatic hydroxyl groups is 1. The second kappa shape index (κ2) is 7.87. The molecule has 0 aromatic carbocycles. The van der Waals surface area contributed by atoms with Crippen molar-refractivity contribution >= 4 is 11.8 Å². The van der Waals surface area contributed by atoms with E-state index in [-0.39, 0.29) is 6.61 Å². The molecule has 1 rings (SSSR count). The second-order valence-electron chi connectivity index (χ2n) is 4.29. The number of aromatic nitrogens is 2. The first-order valence-electron chi connectivity index (χ1n) is 6.66. The molecule has 0 spiro atoms. The molecule has 18 heavy (non-hydrogen) atoms. The Labute approximate surface area is 109 Å². The van der Waals surface area contributed by atoms with Crippen molar-refractivity contribution in [2.24, 2.45) is 0 Å². The molecule has 2 N–H and O–H groups in total. The van der Waals surface area contributed by atoms with Crippen LogP contribution in [-0.4, -0.2) is 41.3 Å². The second-order valence-corrected chi connectivity index (χ2v) is 4.29. The topological polar surface area (TPSA) is 61.3 Å². The average molecular weight is 252 g/mol. The van der Waals surface area contributed by atoms with Gasteiger partial charge in [-0.05, 0) is 20.3 Å². The number of rotatable bonds is 8. The van der Waals surface area contributed by atoms with Crippen molar-refractivity contribution < 1.29 is 5.11 Å². The molecule has 0 bridgehead atoms. The predicted molar refractivity (Wildman–Crippen MR) is 75.1 cm³/mol. The molecule has 0 saturated heterocycles. The number of unbranched alkanes of at least 4 members (excludes halogenated alkanes) is 1. The Morgan fingerprint density at radius 3 is 2.72 bits per heavy atom. The first-order chi connectivity index (χ1) is 8.72. The first kappa shape index (κ1) is 14.7. The summed E-state index contributed by atoms with van der Waals surface area (Å²) >= 11 is 0. The van der Waals surface area contributed by atoms with Gasteiger partial charge in [-0.2, -0.15) is 4.98 Å². The van der Waals surface area contributed by atoms with Crippen molar-refractivity contribution in [1.82, 2.24) is 9.97 Å². The summed E-state index contributed by atoms with van der Waals surface area (Å²) in [6.45, 7) is 8.66. The minimum Gasteiger partial charge on any atom is -0.395 e. The highest BCUT2D eigenvalue weighted by Gasteiger charge is 2.11. The quantitative estimate of drug-likeness (QED) is 0.739. The summed E-state index contributed by atoms with van der Waals surface area (Å²) < 4.78 is 0. The molecular weight excluding hydrogens is 228 g/mol. The van der Waals surface area contributed by atoms with Crippen molar-refractivity contribution in [3.8, 4) is 0 Å². The molecule has 0 atom stereocenters. The third-order valence-electron chi connectivity index (χ3n) is 2.73. The van der Waals surface area contributed by atoms with Gasteiger partial charge in [-0.15, -0.1) is 0 Å². The lowest BCUT2D eigenvalue weighted by Crippen LogP contribution is -2.29. The summed E-state index contributed by atoms with van der Waals surface area (Å²) in [7, 11) is 0. The Morgan fingerprint density at radius 1 is 1.33 bits per heavy atom. The van der Waals surface area contributed by atoms with Crippen LogP contribution in [0.15, 0.2) is 6.20 Å². The van der Waals surface area contributed by atoms with Gasteiger partial charge in [0.15, 0.2) is 0 Å². The minimum absolute atomic E-state index is 0.143. The van der Waals surface area contributed by atoms with E-state index in [0.717, 1.165) is 37.3 Å². The zero-order valence-electron chi connectivity index (χ0n) is 11.6. The number of hydrogen-bond acceptors (Lipinski definition) is 5. The molecule has 0 aliphatic heterocycles. The van der Waals surface area contributed by atoms with E-state index in [0.29, 0.717) is 12.5 Å². The number of aryl methyl sites for hydroxylation is 1. The Balaban J connectivity index is 2.89.